The topological polar surface area (TPSA) is 109 Å². The van der Waals surface area contributed by atoms with Crippen LogP contribution in [0.4, 0.5) is 22.1 Å². The molecule has 0 atom stereocenters. The Morgan fingerprint density at radius 3 is 2.47 bits per heavy atom. The number of carbonyl (C=O) groups excluding carboxylic acids is 1. The Hall–Kier alpha value is -2.04. The van der Waals surface area contributed by atoms with E-state index in [0.717, 1.165) is 32.7 Å². The van der Waals surface area contributed by atoms with Crippen LogP contribution in [0.1, 0.15) is 20.8 Å². The van der Waals surface area contributed by atoms with Crippen LogP contribution in [0.15, 0.2) is 0 Å². The number of hydrogen-bond acceptors (Lipinski definition) is 9. The molecule has 1 aromatic heterocycles. The first-order valence-corrected chi connectivity index (χ1v) is 10.7. The minimum Gasteiger partial charge on any atom is -0.444 e. The van der Waals surface area contributed by atoms with E-state index in [4.69, 9.17) is 26.8 Å². The van der Waals surface area contributed by atoms with E-state index in [1.165, 1.54) is 0 Å². The number of aromatic nitrogens is 2. The zero-order valence-corrected chi connectivity index (χ0v) is 18.7. The van der Waals surface area contributed by atoms with E-state index in [1.807, 2.05) is 20.8 Å². The van der Waals surface area contributed by atoms with Gasteiger partial charge in [0.25, 0.3) is 0 Å². The lowest BCUT2D eigenvalue weighted by Gasteiger charge is -2.35. The van der Waals surface area contributed by atoms with Gasteiger partial charge in [-0.1, -0.05) is 0 Å². The molecule has 0 aliphatic carbocycles. The zero-order valence-electron chi connectivity index (χ0n) is 18.0. The zero-order chi connectivity index (χ0) is 21.7. The second-order valence-electron chi connectivity index (χ2n) is 8.41. The molecule has 0 spiro atoms. The fraction of sp³-hybridized carbons (Fsp3) is 0.737. The van der Waals surface area contributed by atoms with Crippen molar-refractivity contribution < 1.29 is 14.3 Å². The van der Waals surface area contributed by atoms with Crippen molar-refractivity contribution in [3.63, 3.8) is 0 Å². The van der Waals surface area contributed by atoms with E-state index in [2.05, 4.69) is 25.1 Å². The third-order valence-corrected chi connectivity index (χ3v) is 5.12. The Morgan fingerprint density at radius 1 is 1.17 bits per heavy atom. The van der Waals surface area contributed by atoms with Crippen LogP contribution in [0.2, 0.25) is 5.28 Å². The third kappa shape index (κ3) is 6.23. The van der Waals surface area contributed by atoms with Gasteiger partial charge in [0.1, 0.15) is 11.3 Å². The second kappa shape index (κ2) is 9.84. The van der Waals surface area contributed by atoms with Crippen molar-refractivity contribution >= 4 is 35.0 Å². The van der Waals surface area contributed by atoms with Gasteiger partial charge in [-0.15, -0.1) is 0 Å². The van der Waals surface area contributed by atoms with Crippen LogP contribution in [-0.2, 0) is 9.47 Å². The quantitative estimate of drug-likeness (QED) is 0.657. The number of carbonyl (C=O) groups is 1. The number of ether oxygens (including phenoxy) is 2. The second-order valence-corrected chi connectivity index (χ2v) is 8.75. The Kier molecular flexibility index (Phi) is 7.43. The summed E-state index contributed by atoms with van der Waals surface area (Å²) in [5.74, 6) is 1.19. The van der Waals surface area contributed by atoms with Gasteiger partial charge in [-0.3, -0.25) is 4.90 Å². The van der Waals surface area contributed by atoms with Gasteiger partial charge in [0.2, 0.25) is 5.28 Å². The summed E-state index contributed by atoms with van der Waals surface area (Å²) in [5.41, 5.74) is 6.32. The van der Waals surface area contributed by atoms with Crippen LogP contribution >= 0.6 is 11.6 Å². The van der Waals surface area contributed by atoms with Crippen molar-refractivity contribution in [3.8, 4) is 0 Å². The van der Waals surface area contributed by atoms with Gasteiger partial charge in [0.05, 0.1) is 13.2 Å². The van der Waals surface area contributed by atoms with Gasteiger partial charge in [-0.05, 0) is 32.4 Å². The van der Waals surface area contributed by atoms with Crippen LogP contribution in [0, 0.1) is 0 Å². The maximum absolute atomic E-state index is 12.2. The molecule has 3 heterocycles. The van der Waals surface area contributed by atoms with Gasteiger partial charge >= 0.3 is 6.09 Å². The summed E-state index contributed by atoms with van der Waals surface area (Å²) in [5, 5.41) is 3.45. The van der Waals surface area contributed by atoms with Crippen molar-refractivity contribution in [1.29, 1.82) is 0 Å². The summed E-state index contributed by atoms with van der Waals surface area (Å²) in [4.78, 5) is 26.8. The molecule has 11 heteroatoms. The van der Waals surface area contributed by atoms with Crippen molar-refractivity contribution in [2.75, 3.05) is 81.5 Å². The predicted molar refractivity (Wildman–Crippen MR) is 117 cm³/mol. The molecule has 0 saturated carbocycles. The lowest BCUT2D eigenvalue weighted by Crippen LogP contribution is -2.50. The van der Waals surface area contributed by atoms with Crippen LogP contribution in [0.3, 0.4) is 0 Å². The number of nitrogens with two attached hydrogens (primary N) is 1. The number of anilines is 3. The smallest absolute Gasteiger partial charge is 0.410 e. The number of halogens is 1. The van der Waals surface area contributed by atoms with Crippen molar-refractivity contribution in [2.24, 2.45) is 0 Å². The summed E-state index contributed by atoms with van der Waals surface area (Å²) in [6.45, 7) is 12.7. The van der Waals surface area contributed by atoms with Crippen molar-refractivity contribution in [1.82, 2.24) is 19.8 Å². The Morgan fingerprint density at radius 2 is 1.83 bits per heavy atom. The van der Waals surface area contributed by atoms with Gasteiger partial charge in [0, 0.05) is 52.4 Å². The predicted octanol–water partition coefficient (Wildman–Crippen LogP) is 1.51. The maximum atomic E-state index is 12.2. The first kappa shape index (κ1) is 22.6. The number of rotatable bonds is 5. The van der Waals surface area contributed by atoms with Crippen LogP contribution in [-0.4, -0.2) is 97.0 Å². The lowest BCUT2D eigenvalue weighted by molar-refractivity contribution is 0.0148. The van der Waals surface area contributed by atoms with Gasteiger partial charge in [-0.25, -0.2) is 4.79 Å². The van der Waals surface area contributed by atoms with E-state index in [-0.39, 0.29) is 11.4 Å². The highest BCUT2D eigenvalue weighted by Crippen LogP contribution is 2.29. The van der Waals surface area contributed by atoms with Gasteiger partial charge in [-0.2, -0.15) is 9.97 Å². The molecule has 0 radical (unpaired) electrons. The van der Waals surface area contributed by atoms with Gasteiger partial charge < -0.3 is 30.3 Å². The number of piperazine rings is 1. The van der Waals surface area contributed by atoms with E-state index in [1.54, 1.807) is 4.90 Å². The van der Waals surface area contributed by atoms with Crippen LogP contribution < -0.4 is 16.0 Å². The first-order chi connectivity index (χ1) is 14.2. The Balaban J connectivity index is 1.48. The monoisotopic (exact) mass is 441 g/mol. The molecule has 3 N–H and O–H groups in total. The molecule has 0 bridgehead atoms. The molecule has 10 nitrogen and oxygen atoms in total. The molecule has 30 heavy (non-hydrogen) atoms. The summed E-state index contributed by atoms with van der Waals surface area (Å²) < 4.78 is 10.8. The number of nitrogens with zero attached hydrogens (tertiary/aromatic N) is 5. The normalized spacial score (nSPS) is 18.4. The summed E-state index contributed by atoms with van der Waals surface area (Å²) in [7, 11) is 0. The SMILES string of the molecule is CC(C)(C)OC(=O)N1CCN(CCNc2nc(Cl)nc(N3CCOCC3)c2N)CC1. The molecule has 2 saturated heterocycles. The average Bonchev–Trinajstić information content (AvgIpc) is 2.70. The molecule has 1 aromatic rings. The molecule has 0 aromatic carbocycles. The number of nitrogen functional groups attached to an aromatic ring is 1. The van der Waals surface area contributed by atoms with Crippen molar-refractivity contribution in [2.45, 2.75) is 26.4 Å². The summed E-state index contributed by atoms with van der Waals surface area (Å²) in [6.07, 6.45) is -0.251. The van der Waals surface area contributed by atoms with E-state index >= 15 is 0 Å². The lowest BCUT2D eigenvalue weighted by atomic mass is 10.2. The summed E-state index contributed by atoms with van der Waals surface area (Å²) in [6, 6.07) is 0. The van der Waals surface area contributed by atoms with Crippen LogP contribution in [0.25, 0.3) is 0 Å². The van der Waals surface area contributed by atoms with E-state index < -0.39 is 5.60 Å². The molecule has 2 fully saturated rings. The minimum absolute atomic E-state index is 0.166. The highest BCUT2D eigenvalue weighted by Gasteiger charge is 2.26. The summed E-state index contributed by atoms with van der Waals surface area (Å²) >= 11 is 6.12. The van der Waals surface area contributed by atoms with Crippen molar-refractivity contribution in [3.05, 3.63) is 5.28 Å². The van der Waals surface area contributed by atoms with Crippen LogP contribution in [0.5, 0.6) is 0 Å². The standard InChI is InChI=1S/C19H32ClN7O3/c1-19(2,3)30-18(28)27-8-6-25(7-9-27)5-4-22-15-14(21)16(24-17(20)23-15)26-10-12-29-13-11-26/h4-13,21H2,1-3H3,(H,22,23,24). The third-order valence-electron chi connectivity index (χ3n) is 4.95. The largest absolute Gasteiger partial charge is 0.444 e. The number of amides is 1. The molecule has 3 rings (SSSR count). The van der Waals surface area contributed by atoms with E-state index in [0.29, 0.717) is 50.2 Å². The average molecular weight is 442 g/mol. The molecule has 1 amide bonds. The molecular formula is C19H32ClN7O3. The highest BCUT2D eigenvalue weighted by atomic mass is 35.5. The molecule has 2 aliphatic rings. The molecule has 0 unspecified atom stereocenters. The maximum Gasteiger partial charge on any atom is 0.410 e. The highest BCUT2D eigenvalue weighted by molar-refractivity contribution is 6.28. The number of nitrogens with one attached hydrogen (secondary N) is 1. The van der Waals surface area contributed by atoms with Gasteiger partial charge in [0.15, 0.2) is 11.6 Å². The molecule has 168 valence electrons. The van der Waals surface area contributed by atoms with E-state index in [9.17, 15) is 4.79 Å². The Labute approximate surface area is 182 Å². The first-order valence-electron chi connectivity index (χ1n) is 10.3. The number of morpholine rings is 1. The fourth-order valence-electron chi connectivity index (χ4n) is 3.39. The minimum atomic E-state index is -0.475. The number of hydrogen-bond donors (Lipinski definition) is 2. The molecular weight excluding hydrogens is 410 g/mol. The fourth-order valence-corrected chi connectivity index (χ4v) is 3.56. The molecule has 2 aliphatic heterocycles. The Bertz CT molecular complexity index is 730.